The van der Waals surface area contributed by atoms with E-state index in [0.29, 0.717) is 11.3 Å². The van der Waals surface area contributed by atoms with Gasteiger partial charge < -0.3 is 9.26 Å². The van der Waals surface area contributed by atoms with Crippen LogP contribution >= 0.6 is 0 Å². The fraction of sp³-hybridized carbons (Fsp3) is 0.150. The number of hydrogen-bond donors (Lipinski definition) is 1. The van der Waals surface area contributed by atoms with Gasteiger partial charge >= 0.3 is 5.97 Å². The number of aromatic nitrogens is 1. The van der Waals surface area contributed by atoms with Gasteiger partial charge in [0.2, 0.25) is 5.88 Å². The highest BCUT2D eigenvalue weighted by atomic mass is 16.6. The number of nitrogens with zero attached hydrogens (tertiary/aromatic N) is 2. The van der Waals surface area contributed by atoms with Crippen LogP contribution in [0.3, 0.4) is 0 Å². The van der Waals surface area contributed by atoms with Crippen molar-refractivity contribution in [2.75, 3.05) is 11.9 Å². The van der Waals surface area contributed by atoms with Gasteiger partial charge in [-0.1, -0.05) is 41.1 Å². The lowest BCUT2D eigenvalue weighted by Crippen LogP contribution is -2.20. The topological polar surface area (TPSA) is 125 Å². The number of hydrogen-bond acceptors (Lipinski definition) is 7. The van der Waals surface area contributed by atoms with Crippen molar-refractivity contribution >= 4 is 23.4 Å². The van der Waals surface area contributed by atoms with Crippen LogP contribution < -0.4 is 5.32 Å². The van der Waals surface area contributed by atoms with E-state index >= 15 is 0 Å². The molecule has 3 rings (SSSR count). The highest BCUT2D eigenvalue weighted by Crippen LogP contribution is 2.22. The van der Waals surface area contributed by atoms with Gasteiger partial charge in [0.15, 0.2) is 6.61 Å². The van der Waals surface area contributed by atoms with E-state index in [-0.39, 0.29) is 17.1 Å². The van der Waals surface area contributed by atoms with Crippen molar-refractivity contribution in [3.8, 4) is 11.3 Å². The molecule has 0 bridgehead atoms. The summed E-state index contributed by atoms with van der Waals surface area (Å²) >= 11 is 0. The Balaban J connectivity index is 1.58. The maximum Gasteiger partial charge on any atom is 0.338 e. The van der Waals surface area contributed by atoms with Gasteiger partial charge in [-0.15, -0.1) is 0 Å². The summed E-state index contributed by atoms with van der Waals surface area (Å²) in [5, 5.41) is 17.3. The SMILES string of the molecule is Cc1ccc(-c2cc(NC(=O)COC(=O)c3ccc(C)c([N+](=O)[O-])c3)on2)cc1. The van der Waals surface area contributed by atoms with Gasteiger partial charge in [-0.2, -0.15) is 0 Å². The molecule has 0 spiro atoms. The first kappa shape index (κ1) is 19.7. The van der Waals surface area contributed by atoms with E-state index in [0.717, 1.165) is 17.2 Å². The molecule has 9 heteroatoms. The fourth-order valence-corrected chi connectivity index (χ4v) is 2.52. The Hall–Kier alpha value is -4.01. The van der Waals surface area contributed by atoms with E-state index in [1.54, 1.807) is 13.0 Å². The molecule has 148 valence electrons. The second-order valence-electron chi connectivity index (χ2n) is 6.33. The van der Waals surface area contributed by atoms with Crippen molar-refractivity contribution in [1.82, 2.24) is 5.16 Å². The monoisotopic (exact) mass is 395 g/mol. The smallest absolute Gasteiger partial charge is 0.338 e. The summed E-state index contributed by atoms with van der Waals surface area (Å²) in [6.45, 7) is 2.94. The van der Waals surface area contributed by atoms with Crippen molar-refractivity contribution < 1.29 is 23.8 Å². The average molecular weight is 395 g/mol. The van der Waals surface area contributed by atoms with Gasteiger partial charge in [-0.3, -0.25) is 20.2 Å². The normalized spacial score (nSPS) is 10.4. The Kier molecular flexibility index (Phi) is 5.68. The number of anilines is 1. The summed E-state index contributed by atoms with van der Waals surface area (Å²) in [7, 11) is 0. The molecule has 0 saturated heterocycles. The zero-order valence-corrected chi connectivity index (χ0v) is 15.7. The number of ether oxygens (including phenoxy) is 1. The Bertz CT molecular complexity index is 1070. The summed E-state index contributed by atoms with van der Waals surface area (Å²) in [6, 6.07) is 13.1. The molecule has 1 amide bonds. The Morgan fingerprint density at radius 1 is 1.14 bits per heavy atom. The number of nitrogens with one attached hydrogen (secondary N) is 1. The molecule has 9 nitrogen and oxygen atoms in total. The molecule has 0 aliphatic heterocycles. The lowest BCUT2D eigenvalue weighted by molar-refractivity contribution is -0.385. The first-order chi connectivity index (χ1) is 13.8. The summed E-state index contributed by atoms with van der Waals surface area (Å²) in [5.41, 5.74) is 2.67. The van der Waals surface area contributed by atoms with Crippen LogP contribution in [0.25, 0.3) is 11.3 Å². The quantitative estimate of drug-likeness (QED) is 0.383. The van der Waals surface area contributed by atoms with Crippen molar-refractivity contribution in [3.05, 3.63) is 75.3 Å². The van der Waals surface area contributed by atoms with Crippen LogP contribution in [-0.4, -0.2) is 28.6 Å². The molecule has 1 heterocycles. The van der Waals surface area contributed by atoms with Gasteiger partial charge in [-0.25, -0.2) is 4.79 Å². The molecule has 0 radical (unpaired) electrons. The third kappa shape index (κ3) is 4.83. The van der Waals surface area contributed by atoms with Crippen LogP contribution in [0.2, 0.25) is 0 Å². The minimum Gasteiger partial charge on any atom is -0.452 e. The number of benzene rings is 2. The van der Waals surface area contributed by atoms with E-state index < -0.39 is 23.4 Å². The highest BCUT2D eigenvalue weighted by molar-refractivity contribution is 5.95. The molecule has 0 unspecified atom stereocenters. The van der Waals surface area contributed by atoms with Gasteiger partial charge in [0, 0.05) is 23.3 Å². The predicted octanol–water partition coefficient (Wildman–Crippen LogP) is 3.66. The molecule has 0 saturated carbocycles. The summed E-state index contributed by atoms with van der Waals surface area (Å²) in [6.07, 6.45) is 0. The van der Waals surface area contributed by atoms with E-state index in [1.807, 2.05) is 31.2 Å². The van der Waals surface area contributed by atoms with Crippen LogP contribution in [-0.2, 0) is 9.53 Å². The van der Waals surface area contributed by atoms with Crippen molar-refractivity contribution in [2.45, 2.75) is 13.8 Å². The molecule has 0 atom stereocenters. The van der Waals surface area contributed by atoms with E-state index in [4.69, 9.17) is 9.26 Å². The predicted molar refractivity (Wildman–Crippen MR) is 103 cm³/mol. The minimum atomic E-state index is -0.846. The molecular formula is C20H17N3O6. The molecule has 1 aromatic heterocycles. The average Bonchev–Trinajstić information content (AvgIpc) is 3.15. The molecule has 29 heavy (non-hydrogen) atoms. The van der Waals surface area contributed by atoms with Crippen LogP contribution in [0, 0.1) is 24.0 Å². The third-order valence-electron chi connectivity index (χ3n) is 4.10. The van der Waals surface area contributed by atoms with E-state index in [9.17, 15) is 19.7 Å². The van der Waals surface area contributed by atoms with Gasteiger partial charge in [0.25, 0.3) is 11.6 Å². The van der Waals surface area contributed by atoms with Crippen molar-refractivity contribution in [2.24, 2.45) is 0 Å². The number of nitro groups is 1. The van der Waals surface area contributed by atoms with Crippen LogP contribution in [0.4, 0.5) is 11.6 Å². The molecule has 3 aromatic rings. The number of rotatable bonds is 6. The Morgan fingerprint density at radius 3 is 2.55 bits per heavy atom. The number of carbonyl (C=O) groups is 2. The van der Waals surface area contributed by atoms with E-state index in [1.165, 1.54) is 12.1 Å². The van der Waals surface area contributed by atoms with Gasteiger partial charge in [0.05, 0.1) is 10.5 Å². The first-order valence-corrected chi connectivity index (χ1v) is 8.59. The summed E-state index contributed by atoms with van der Waals surface area (Å²) in [4.78, 5) is 34.4. The zero-order chi connectivity index (χ0) is 21.0. The standard InChI is InChI=1S/C20H17N3O6/c1-12-3-6-14(7-4-12)16-10-19(29-22-16)21-18(24)11-28-20(25)15-8-5-13(2)17(9-15)23(26)27/h3-10H,11H2,1-2H3,(H,21,24). The molecule has 2 aromatic carbocycles. The Labute approximate surface area is 165 Å². The van der Waals surface area contributed by atoms with Gasteiger partial charge in [0.1, 0.15) is 5.69 Å². The second kappa shape index (κ2) is 8.34. The maximum atomic E-state index is 12.0. The summed E-state index contributed by atoms with van der Waals surface area (Å²) < 4.78 is 9.97. The second-order valence-corrected chi connectivity index (χ2v) is 6.33. The van der Waals surface area contributed by atoms with E-state index in [2.05, 4.69) is 10.5 Å². The number of aryl methyl sites for hydroxylation is 2. The van der Waals surface area contributed by atoms with Crippen LogP contribution in [0.5, 0.6) is 0 Å². The Morgan fingerprint density at radius 2 is 1.86 bits per heavy atom. The minimum absolute atomic E-state index is 0.0172. The zero-order valence-electron chi connectivity index (χ0n) is 15.7. The lowest BCUT2D eigenvalue weighted by Gasteiger charge is -2.05. The number of nitro benzene ring substituents is 1. The maximum absolute atomic E-state index is 12.0. The molecule has 1 N–H and O–H groups in total. The van der Waals surface area contributed by atoms with Crippen LogP contribution in [0.15, 0.2) is 53.1 Å². The summed E-state index contributed by atoms with van der Waals surface area (Å²) in [5.74, 6) is -1.37. The molecular weight excluding hydrogens is 378 g/mol. The molecule has 0 aliphatic carbocycles. The van der Waals surface area contributed by atoms with Crippen molar-refractivity contribution in [1.29, 1.82) is 0 Å². The van der Waals surface area contributed by atoms with Crippen molar-refractivity contribution in [3.63, 3.8) is 0 Å². The molecule has 0 aliphatic rings. The lowest BCUT2D eigenvalue weighted by atomic mass is 10.1. The van der Waals surface area contributed by atoms with Crippen LogP contribution in [0.1, 0.15) is 21.5 Å². The third-order valence-corrected chi connectivity index (χ3v) is 4.10. The number of amides is 1. The molecule has 0 fully saturated rings. The first-order valence-electron chi connectivity index (χ1n) is 8.59. The fourth-order valence-electron chi connectivity index (χ4n) is 2.52. The highest BCUT2D eigenvalue weighted by Gasteiger charge is 2.17. The van der Waals surface area contributed by atoms with Gasteiger partial charge in [-0.05, 0) is 19.9 Å². The number of esters is 1. The largest absolute Gasteiger partial charge is 0.452 e. The number of carbonyl (C=O) groups excluding carboxylic acids is 2.